The van der Waals surface area contributed by atoms with Gasteiger partial charge in [-0.2, -0.15) is 0 Å². The quantitative estimate of drug-likeness (QED) is 0.798. The molecule has 0 spiro atoms. The first-order valence-corrected chi connectivity index (χ1v) is 8.49. The Labute approximate surface area is 128 Å². The highest BCUT2D eigenvalue weighted by Crippen LogP contribution is 2.46. The maximum atomic E-state index is 4.81. The van der Waals surface area contributed by atoms with Gasteiger partial charge in [-0.1, -0.05) is 13.8 Å². The molecule has 0 bridgehead atoms. The fourth-order valence-electron chi connectivity index (χ4n) is 2.96. The molecule has 2 N–H and O–H groups in total. The number of rotatable bonds is 7. The van der Waals surface area contributed by atoms with Gasteiger partial charge in [0.2, 0.25) is 0 Å². The molecule has 0 aliphatic heterocycles. The molecule has 2 fully saturated rings. The van der Waals surface area contributed by atoms with Crippen LogP contribution >= 0.6 is 0 Å². The van der Waals surface area contributed by atoms with Crippen molar-refractivity contribution in [1.82, 2.24) is 9.97 Å². The molecule has 2 aliphatic rings. The van der Waals surface area contributed by atoms with E-state index in [1.165, 1.54) is 25.7 Å². The van der Waals surface area contributed by atoms with E-state index in [2.05, 4.69) is 43.3 Å². The first kappa shape index (κ1) is 14.6. The van der Waals surface area contributed by atoms with Crippen molar-refractivity contribution in [2.45, 2.75) is 65.3 Å². The van der Waals surface area contributed by atoms with E-state index in [9.17, 15) is 0 Å². The van der Waals surface area contributed by atoms with Crippen LogP contribution in [0.5, 0.6) is 0 Å². The van der Waals surface area contributed by atoms with E-state index in [1.54, 1.807) is 0 Å². The van der Waals surface area contributed by atoms with Crippen LogP contribution in [0.25, 0.3) is 0 Å². The normalized spacial score (nSPS) is 18.4. The lowest BCUT2D eigenvalue weighted by Crippen LogP contribution is -2.26. The van der Waals surface area contributed by atoms with Gasteiger partial charge >= 0.3 is 0 Å². The van der Waals surface area contributed by atoms with Gasteiger partial charge in [-0.3, -0.25) is 0 Å². The molecule has 21 heavy (non-hydrogen) atoms. The fraction of sp³-hybridized carbons (Fsp3) is 0.765. The zero-order valence-electron chi connectivity index (χ0n) is 13.7. The van der Waals surface area contributed by atoms with Crippen LogP contribution in [0.4, 0.5) is 11.6 Å². The van der Waals surface area contributed by atoms with Gasteiger partial charge in [-0.15, -0.1) is 0 Å². The van der Waals surface area contributed by atoms with Gasteiger partial charge in [0.1, 0.15) is 17.5 Å². The summed E-state index contributed by atoms with van der Waals surface area (Å²) in [5, 5.41) is 7.16. The highest BCUT2D eigenvalue weighted by atomic mass is 15.1. The molecule has 0 unspecified atom stereocenters. The Bertz CT molecular complexity index is 492. The summed E-state index contributed by atoms with van der Waals surface area (Å²) in [4.78, 5) is 9.50. The van der Waals surface area contributed by atoms with Gasteiger partial charge in [0.25, 0.3) is 0 Å². The number of anilines is 2. The Kier molecular flexibility index (Phi) is 4.05. The van der Waals surface area contributed by atoms with Crippen molar-refractivity contribution in [2.24, 2.45) is 11.8 Å². The summed E-state index contributed by atoms with van der Waals surface area (Å²) < 4.78 is 0. The van der Waals surface area contributed by atoms with Crippen LogP contribution in [0.15, 0.2) is 0 Å². The molecule has 0 atom stereocenters. The minimum absolute atomic E-state index is 0.351. The Hall–Kier alpha value is -1.32. The minimum Gasteiger partial charge on any atom is -0.370 e. The van der Waals surface area contributed by atoms with E-state index < -0.39 is 0 Å². The third-order valence-electron chi connectivity index (χ3n) is 4.59. The molecule has 2 aliphatic carbocycles. The summed E-state index contributed by atoms with van der Waals surface area (Å²) >= 11 is 0. The van der Waals surface area contributed by atoms with Gasteiger partial charge in [-0.25, -0.2) is 9.97 Å². The van der Waals surface area contributed by atoms with Crippen molar-refractivity contribution in [3.63, 3.8) is 0 Å². The zero-order valence-corrected chi connectivity index (χ0v) is 13.7. The van der Waals surface area contributed by atoms with Crippen LogP contribution in [0.3, 0.4) is 0 Å². The zero-order chi connectivity index (χ0) is 15.0. The van der Waals surface area contributed by atoms with E-state index in [0.717, 1.165) is 41.4 Å². The predicted molar refractivity (Wildman–Crippen MR) is 87.9 cm³/mol. The molecule has 4 heteroatoms. The number of hydrogen-bond donors (Lipinski definition) is 2. The largest absolute Gasteiger partial charge is 0.370 e. The molecule has 1 aromatic rings. The Morgan fingerprint density at radius 1 is 1.05 bits per heavy atom. The summed E-state index contributed by atoms with van der Waals surface area (Å²) in [6.07, 6.45) is 5.54. The molecule has 3 rings (SSSR count). The average Bonchev–Trinajstić information content (AvgIpc) is 3.32. The maximum absolute atomic E-state index is 4.81. The van der Waals surface area contributed by atoms with Crippen molar-refractivity contribution in [3.8, 4) is 0 Å². The van der Waals surface area contributed by atoms with Crippen LogP contribution in [0.1, 0.15) is 63.8 Å². The summed E-state index contributed by atoms with van der Waals surface area (Å²) in [7, 11) is 0. The third kappa shape index (κ3) is 3.30. The molecule has 4 nitrogen and oxygen atoms in total. The smallest absolute Gasteiger partial charge is 0.135 e. The molecule has 2 saturated carbocycles. The van der Waals surface area contributed by atoms with Gasteiger partial charge in [0, 0.05) is 24.1 Å². The molecule has 0 radical (unpaired) electrons. The maximum Gasteiger partial charge on any atom is 0.135 e. The number of nitrogens with zero attached hydrogens (tertiary/aromatic N) is 2. The molecule has 0 aromatic carbocycles. The average molecular weight is 288 g/mol. The molecular weight excluding hydrogens is 260 g/mol. The van der Waals surface area contributed by atoms with Gasteiger partial charge < -0.3 is 10.6 Å². The first-order valence-electron chi connectivity index (χ1n) is 8.49. The SMILES string of the molecule is CCNc1nc(C(C)C)nc(NC(C2CC2)C2CC2)c1C. The van der Waals surface area contributed by atoms with Gasteiger partial charge in [0.15, 0.2) is 0 Å². The van der Waals surface area contributed by atoms with Crippen molar-refractivity contribution < 1.29 is 0 Å². The highest BCUT2D eigenvalue weighted by Gasteiger charge is 2.41. The predicted octanol–water partition coefficient (Wildman–Crippen LogP) is 3.94. The highest BCUT2D eigenvalue weighted by molar-refractivity contribution is 5.58. The topological polar surface area (TPSA) is 49.8 Å². The van der Waals surface area contributed by atoms with E-state index in [1.807, 2.05) is 0 Å². The summed E-state index contributed by atoms with van der Waals surface area (Å²) in [6, 6.07) is 0.632. The summed E-state index contributed by atoms with van der Waals surface area (Å²) in [6.45, 7) is 9.44. The summed E-state index contributed by atoms with van der Waals surface area (Å²) in [5.74, 6) is 5.07. The Morgan fingerprint density at radius 3 is 2.10 bits per heavy atom. The van der Waals surface area contributed by atoms with Crippen molar-refractivity contribution in [3.05, 3.63) is 11.4 Å². The second-order valence-electron chi connectivity index (χ2n) is 6.93. The number of nitrogens with one attached hydrogen (secondary N) is 2. The van der Waals surface area contributed by atoms with Crippen LogP contribution in [-0.2, 0) is 0 Å². The Morgan fingerprint density at radius 2 is 1.62 bits per heavy atom. The molecule has 116 valence electrons. The van der Waals surface area contributed by atoms with Crippen molar-refractivity contribution in [1.29, 1.82) is 0 Å². The van der Waals surface area contributed by atoms with E-state index in [-0.39, 0.29) is 0 Å². The lowest BCUT2D eigenvalue weighted by Gasteiger charge is -2.22. The second-order valence-corrected chi connectivity index (χ2v) is 6.93. The molecule has 1 heterocycles. The van der Waals surface area contributed by atoms with Gasteiger partial charge in [-0.05, 0) is 51.4 Å². The summed E-state index contributed by atoms with van der Waals surface area (Å²) in [5.41, 5.74) is 1.16. The minimum atomic E-state index is 0.351. The van der Waals surface area contributed by atoms with Crippen LogP contribution < -0.4 is 10.6 Å². The fourth-order valence-corrected chi connectivity index (χ4v) is 2.96. The molecular formula is C17H28N4. The van der Waals surface area contributed by atoms with Crippen molar-refractivity contribution >= 4 is 11.6 Å². The van der Waals surface area contributed by atoms with Crippen LogP contribution in [0, 0.1) is 18.8 Å². The van der Waals surface area contributed by atoms with Gasteiger partial charge in [0.05, 0.1) is 0 Å². The van der Waals surface area contributed by atoms with E-state index in [0.29, 0.717) is 12.0 Å². The standard InChI is InChI=1S/C17H28N4/c1-5-18-16-11(4)17(21-15(20-16)10(2)3)19-14(12-6-7-12)13-8-9-13/h10,12-14H,5-9H2,1-4H3,(H2,18,19,20,21). The molecule has 0 saturated heterocycles. The lowest BCUT2D eigenvalue weighted by molar-refractivity contribution is 0.564. The molecule has 1 aromatic heterocycles. The van der Waals surface area contributed by atoms with Crippen LogP contribution in [-0.4, -0.2) is 22.6 Å². The second kappa shape index (κ2) is 5.82. The third-order valence-corrected chi connectivity index (χ3v) is 4.59. The monoisotopic (exact) mass is 288 g/mol. The van der Waals surface area contributed by atoms with E-state index >= 15 is 0 Å². The van der Waals surface area contributed by atoms with Crippen LogP contribution in [0.2, 0.25) is 0 Å². The first-order chi connectivity index (χ1) is 10.1. The number of aromatic nitrogens is 2. The van der Waals surface area contributed by atoms with E-state index in [4.69, 9.17) is 4.98 Å². The van der Waals surface area contributed by atoms with Crippen molar-refractivity contribution in [2.75, 3.05) is 17.2 Å². The molecule has 0 amide bonds. The number of hydrogen-bond acceptors (Lipinski definition) is 4. The lowest BCUT2D eigenvalue weighted by atomic mass is 10.1. The Balaban J connectivity index is 1.87.